The predicted octanol–water partition coefficient (Wildman–Crippen LogP) is 1.62. The lowest BCUT2D eigenvalue weighted by molar-refractivity contribution is 0.405. The lowest BCUT2D eigenvalue weighted by atomic mass is 9.80. The molecule has 0 bridgehead atoms. The Morgan fingerprint density at radius 3 is 2.77 bits per heavy atom. The van der Waals surface area contributed by atoms with E-state index in [-0.39, 0.29) is 5.54 Å². The van der Waals surface area contributed by atoms with Gasteiger partial charge in [0, 0.05) is 22.7 Å². The van der Waals surface area contributed by atoms with Crippen LogP contribution >= 0.6 is 0 Å². The largest absolute Gasteiger partial charge is 0.321 e. The first kappa shape index (κ1) is 7.56. The molecule has 0 amide bonds. The van der Waals surface area contributed by atoms with Gasteiger partial charge in [-0.3, -0.25) is 5.10 Å². The molecule has 0 radical (unpaired) electrons. The fourth-order valence-electron chi connectivity index (χ4n) is 2.11. The summed E-state index contributed by atoms with van der Waals surface area (Å²) in [6.07, 6.45) is 8.18. The van der Waals surface area contributed by atoms with E-state index in [1.165, 1.54) is 30.5 Å². The fraction of sp³-hybridized carbons (Fsp3) is 0.700. The van der Waals surface area contributed by atoms with Crippen molar-refractivity contribution in [1.82, 2.24) is 10.2 Å². The van der Waals surface area contributed by atoms with Gasteiger partial charge < -0.3 is 5.73 Å². The van der Waals surface area contributed by atoms with Gasteiger partial charge in [0.25, 0.3) is 0 Å². The van der Waals surface area contributed by atoms with E-state index >= 15 is 0 Å². The molecule has 1 aromatic rings. The maximum atomic E-state index is 6.17. The SMILES string of the molecule is NC1(c2cn[nH]c2C2CCC2)CC1. The summed E-state index contributed by atoms with van der Waals surface area (Å²) in [5.74, 6) is 0.721. The average molecular weight is 177 g/mol. The van der Waals surface area contributed by atoms with Crippen molar-refractivity contribution >= 4 is 0 Å². The van der Waals surface area contributed by atoms with Crippen molar-refractivity contribution in [3.63, 3.8) is 0 Å². The third-order valence-corrected chi connectivity index (χ3v) is 3.51. The van der Waals surface area contributed by atoms with Crippen LogP contribution in [0, 0.1) is 0 Å². The molecule has 2 aliphatic rings. The summed E-state index contributed by atoms with van der Waals surface area (Å²) in [6.45, 7) is 0. The Morgan fingerprint density at radius 1 is 1.46 bits per heavy atom. The van der Waals surface area contributed by atoms with E-state index in [0.29, 0.717) is 0 Å². The van der Waals surface area contributed by atoms with Crippen molar-refractivity contribution in [2.24, 2.45) is 5.73 Å². The van der Waals surface area contributed by atoms with Crippen LogP contribution < -0.4 is 5.73 Å². The average Bonchev–Trinajstić information content (AvgIpc) is 2.60. The quantitative estimate of drug-likeness (QED) is 0.721. The first-order chi connectivity index (χ1) is 6.30. The molecule has 70 valence electrons. The van der Waals surface area contributed by atoms with E-state index < -0.39 is 0 Å². The molecule has 0 aromatic carbocycles. The van der Waals surface area contributed by atoms with Crippen LogP contribution in [-0.2, 0) is 5.54 Å². The highest BCUT2D eigenvalue weighted by molar-refractivity contribution is 5.34. The fourth-order valence-corrected chi connectivity index (χ4v) is 2.11. The molecule has 0 spiro atoms. The summed E-state index contributed by atoms with van der Waals surface area (Å²) in [5, 5.41) is 7.25. The van der Waals surface area contributed by atoms with Crippen molar-refractivity contribution in [3.8, 4) is 0 Å². The Labute approximate surface area is 77.7 Å². The van der Waals surface area contributed by atoms with E-state index in [4.69, 9.17) is 5.73 Å². The van der Waals surface area contributed by atoms with Crippen molar-refractivity contribution in [3.05, 3.63) is 17.5 Å². The molecule has 0 unspecified atom stereocenters. The van der Waals surface area contributed by atoms with E-state index in [2.05, 4.69) is 10.2 Å². The number of aromatic nitrogens is 2. The van der Waals surface area contributed by atoms with E-state index in [1.807, 2.05) is 6.20 Å². The second-order valence-electron chi connectivity index (χ2n) is 4.48. The monoisotopic (exact) mass is 177 g/mol. The molecule has 0 atom stereocenters. The van der Waals surface area contributed by atoms with Crippen LogP contribution in [0.3, 0.4) is 0 Å². The molecule has 2 saturated carbocycles. The second kappa shape index (κ2) is 2.35. The Morgan fingerprint density at radius 2 is 2.23 bits per heavy atom. The molecule has 13 heavy (non-hydrogen) atoms. The third kappa shape index (κ3) is 1.03. The van der Waals surface area contributed by atoms with Gasteiger partial charge in [-0.1, -0.05) is 6.42 Å². The molecule has 0 aliphatic heterocycles. The van der Waals surface area contributed by atoms with Gasteiger partial charge >= 0.3 is 0 Å². The third-order valence-electron chi connectivity index (χ3n) is 3.51. The highest BCUT2D eigenvalue weighted by atomic mass is 15.1. The van der Waals surface area contributed by atoms with Crippen LogP contribution in [-0.4, -0.2) is 10.2 Å². The van der Waals surface area contributed by atoms with Gasteiger partial charge in [-0.25, -0.2) is 0 Å². The number of nitrogens with zero attached hydrogens (tertiary/aromatic N) is 1. The van der Waals surface area contributed by atoms with E-state index in [1.54, 1.807) is 0 Å². The highest BCUT2D eigenvalue weighted by Crippen LogP contribution is 2.47. The maximum Gasteiger partial charge on any atom is 0.0540 e. The van der Waals surface area contributed by atoms with Crippen LogP contribution in [0.2, 0.25) is 0 Å². The zero-order valence-electron chi connectivity index (χ0n) is 7.71. The molecule has 2 aliphatic carbocycles. The minimum Gasteiger partial charge on any atom is -0.321 e. The smallest absolute Gasteiger partial charge is 0.0540 e. The van der Waals surface area contributed by atoms with Crippen molar-refractivity contribution < 1.29 is 0 Å². The maximum absolute atomic E-state index is 6.17. The van der Waals surface area contributed by atoms with Gasteiger partial charge in [0.15, 0.2) is 0 Å². The van der Waals surface area contributed by atoms with Gasteiger partial charge in [0.05, 0.1) is 6.20 Å². The molecule has 3 nitrogen and oxygen atoms in total. The molecule has 3 heteroatoms. The number of H-pyrrole nitrogens is 1. The lowest BCUT2D eigenvalue weighted by Crippen LogP contribution is -2.22. The molecular formula is C10H15N3. The Balaban J connectivity index is 1.95. The van der Waals surface area contributed by atoms with E-state index in [0.717, 1.165) is 18.8 Å². The molecule has 1 heterocycles. The van der Waals surface area contributed by atoms with E-state index in [9.17, 15) is 0 Å². The molecule has 3 rings (SSSR count). The predicted molar refractivity (Wildman–Crippen MR) is 50.3 cm³/mol. The highest BCUT2D eigenvalue weighted by Gasteiger charge is 2.43. The van der Waals surface area contributed by atoms with Gasteiger partial charge in [-0.05, 0) is 25.7 Å². The summed E-state index contributed by atoms with van der Waals surface area (Å²) >= 11 is 0. The van der Waals surface area contributed by atoms with Gasteiger partial charge in [-0.2, -0.15) is 5.10 Å². The topological polar surface area (TPSA) is 54.7 Å². The summed E-state index contributed by atoms with van der Waals surface area (Å²) in [7, 11) is 0. The molecule has 1 aromatic heterocycles. The van der Waals surface area contributed by atoms with Crippen molar-refractivity contribution in [2.75, 3.05) is 0 Å². The molecular weight excluding hydrogens is 162 g/mol. The summed E-state index contributed by atoms with van der Waals surface area (Å²) in [6, 6.07) is 0. The number of nitrogens with two attached hydrogens (primary N) is 1. The summed E-state index contributed by atoms with van der Waals surface area (Å²) in [5.41, 5.74) is 8.77. The summed E-state index contributed by atoms with van der Waals surface area (Å²) < 4.78 is 0. The van der Waals surface area contributed by atoms with Gasteiger partial charge in [0.2, 0.25) is 0 Å². The van der Waals surface area contributed by atoms with Crippen molar-refractivity contribution in [1.29, 1.82) is 0 Å². The number of rotatable bonds is 2. The Hall–Kier alpha value is -0.830. The molecule has 3 N–H and O–H groups in total. The summed E-state index contributed by atoms with van der Waals surface area (Å²) in [4.78, 5) is 0. The minimum absolute atomic E-state index is 0.0159. The van der Waals surface area contributed by atoms with Gasteiger partial charge in [-0.15, -0.1) is 0 Å². The number of hydrogen-bond acceptors (Lipinski definition) is 2. The van der Waals surface area contributed by atoms with Crippen LogP contribution in [0.1, 0.15) is 49.3 Å². The first-order valence-corrected chi connectivity index (χ1v) is 5.12. The number of aromatic amines is 1. The van der Waals surface area contributed by atoms with Crippen LogP contribution in [0.4, 0.5) is 0 Å². The minimum atomic E-state index is -0.0159. The molecule has 0 saturated heterocycles. The normalized spacial score (nSPS) is 25.6. The lowest BCUT2D eigenvalue weighted by Gasteiger charge is -2.26. The van der Waals surface area contributed by atoms with Crippen LogP contribution in [0.5, 0.6) is 0 Å². The number of nitrogens with one attached hydrogen (secondary N) is 1. The zero-order chi connectivity index (χ0) is 8.89. The van der Waals surface area contributed by atoms with Gasteiger partial charge in [0.1, 0.15) is 0 Å². The number of hydrogen-bond donors (Lipinski definition) is 2. The Bertz CT molecular complexity index is 321. The zero-order valence-corrected chi connectivity index (χ0v) is 7.71. The standard InChI is InChI=1S/C10H15N3/c11-10(4-5-10)8-6-12-13-9(8)7-2-1-3-7/h6-7H,1-5,11H2,(H,12,13). The first-order valence-electron chi connectivity index (χ1n) is 5.12. The van der Waals surface area contributed by atoms with Crippen LogP contribution in [0.15, 0.2) is 6.20 Å². The second-order valence-corrected chi connectivity index (χ2v) is 4.48. The Kier molecular flexibility index (Phi) is 1.37. The van der Waals surface area contributed by atoms with Crippen LogP contribution in [0.25, 0.3) is 0 Å². The van der Waals surface area contributed by atoms with Crippen molar-refractivity contribution in [2.45, 2.75) is 43.6 Å². The molecule has 2 fully saturated rings.